The van der Waals surface area contributed by atoms with Crippen molar-refractivity contribution >= 4 is 5.97 Å². The normalized spacial score (nSPS) is 27.0. The number of rotatable bonds is 2. The van der Waals surface area contributed by atoms with Crippen LogP contribution in [0.25, 0.3) is 0 Å². The number of aromatic amines is 2. The predicted octanol–water partition coefficient (Wildman–Crippen LogP) is 0.660. The summed E-state index contributed by atoms with van der Waals surface area (Å²) < 4.78 is 15.7. The molecular formula is C17H18N2O6. The summed E-state index contributed by atoms with van der Waals surface area (Å²) in [6.45, 7) is 1.69. The fourth-order valence-electron chi connectivity index (χ4n) is 3.85. The van der Waals surface area contributed by atoms with Gasteiger partial charge in [0, 0.05) is 23.6 Å². The lowest BCUT2D eigenvalue weighted by molar-refractivity contribution is -0.156. The van der Waals surface area contributed by atoms with Crippen molar-refractivity contribution in [3.63, 3.8) is 0 Å². The van der Waals surface area contributed by atoms with Gasteiger partial charge in [-0.1, -0.05) is 6.07 Å². The Morgan fingerprint density at radius 3 is 2.84 bits per heavy atom. The molecule has 2 heterocycles. The monoisotopic (exact) mass is 346 g/mol. The first-order valence-corrected chi connectivity index (χ1v) is 7.91. The fourth-order valence-corrected chi connectivity index (χ4v) is 3.85. The quantitative estimate of drug-likeness (QED) is 0.689. The summed E-state index contributed by atoms with van der Waals surface area (Å²) >= 11 is 0. The minimum atomic E-state index is -1.38. The molecule has 25 heavy (non-hydrogen) atoms. The number of H-pyrrole nitrogens is 2. The molecule has 1 aromatic carbocycles. The Hall–Kier alpha value is -2.74. The van der Waals surface area contributed by atoms with Gasteiger partial charge in [0.25, 0.3) is 5.56 Å². The SMILES string of the molecule is COC(=O)[C@@H]1[C@@H](c2ccc3c(c2)OCO3)c2c([nH][nH]c2=O)C[C@]1(C)O. The molecule has 3 atom stereocenters. The Kier molecular flexibility index (Phi) is 3.40. The predicted molar refractivity (Wildman–Crippen MR) is 85.7 cm³/mol. The molecule has 8 heteroatoms. The number of aromatic nitrogens is 2. The number of ether oxygens (including phenoxy) is 3. The van der Waals surface area contributed by atoms with Crippen molar-refractivity contribution < 1.29 is 24.1 Å². The molecule has 4 rings (SSSR count). The lowest BCUT2D eigenvalue weighted by Crippen LogP contribution is -2.49. The maximum atomic E-state index is 12.5. The second kappa shape index (κ2) is 5.38. The van der Waals surface area contributed by atoms with Crippen LogP contribution >= 0.6 is 0 Å². The number of aliphatic hydroxyl groups is 1. The van der Waals surface area contributed by atoms with E-state index in [0.29, 0.717) is 28.3 Å². The number of hydrogen-bond donors (Lipinski definition) is 3. The van der Waals surface area contributed by atoms with Crippen LogP contribution in [0.3, 0.4) is 0 Å². The van der Waals surface area contributed by atoms with Crippen molar-refractivity contribution in [3.05, 3.63) is 45.4 Å². The Morgan fingerprint density at radius 2 is 2.08 bits per heavy atom. The summed E-state index contributed by atoms with van der Waals surface area (Å²) in [5, 5.41) is 16.3. The third kappa shape index (κ3) is 2.32. The molecule has 8 nitrogen and oxygen atoms in total. The topological polar surface area (TPSA) is 114 Å². The third-order valence-corrected chi connectivity index (χ3v) is 4.96. The van der Waals surface area contributed by atoms with Crippen molar-refractivity contribution in [2.75, 3.05) is 13.9 Å². The summed E-state index contributed by atoms with van der Waals surface area (Å²) in [6, 6.07) is 5.24. The van der Waals surface area contributed by atoms with Gasteiger partial charge in [0.05, 0.1) is 18.6 Å². The van der Waals surface area contributed by atoms with Crippen LogP contribution in [-0.2, 0) is 16.0 Å². The number of fused-ring (bicyclic) bond motifs is 2. The zero-order valence-electron chi connectivity index (χ0n) is 13.8. The van der Waals surface area contributed by atoms with E-state index in [9.17, 15) is 14.7 Å². The first-order chi connectivity index (χ1) is 11.9. The summed E-state index contributed by atoms with van der Waals surface area (Å²) in [5.41, 5.74) is -0.0154. The van der Waals surface area contributed by atoms with Crippen molar-refractivity contribution in [3.8, 4) is 11.5 Å². The fraction of sp³-hybridized carbons (Fsp3) is 0.412. The molecule has 0 amide bonds. The van der Waals surface area contributed by atoms with Crippen LogP contribution in [0, 0.1) is 5.92 Å². The van der Waals surface area contributed by atoms with Gasteiger partial charge in [-0.05, 0) is 24.6 Å². The number of benzene rings is 1. The van der Waals surface area contributed by atoms with Gasteiger partial charge in [0.1, 0.15) is 0 Å². The van der Waals surface area contributed by atoms with Crippen LogP contribution in [0.1, 0.15) is 29.7 Å². The maximum absolute atomic E-state index is 12.5. The number of esters is 1. The van der Waals surface area contributed by atoms with Crippen molar-refractivity contribution in [2.45, 2.75) is 24.9 Å². The lowest BCUT2D eigenvalue weighted by atomic mass is 9.66. The molecule has 1 aliphatic heterocycles. The van der Waals surface area contributed by atoms with Gasteiger partial charge in [-0.25, -0.2) is 0 Å². The highest BCUT2D eigenvalue weighted by atomic mass is 16.7. The number of methoxy groups -OCH3 is 1. The molecule has 2 aliphatic rings. The Labute approximate surface area is 142 Å². The Bertz CT molecular complexity index is 897. The first-order valence-electron chi connectivity index (χ1n) is 7.91. The zero-order chi connectivity index (χ0) is 17.8. The van der Waals surface area contributed by atoms with Gasteiger partial charge >= 0.3 is 5.97 Å². The van der Waals surface area contributed by atoms with Crippen LogP contribution in [0.2, 0.25) is 0 Å². The van der Waals surface area contributed by atoms with E-state index < -0.39 is 23.4 Å². The second-order valence-corrected chi connectivity index (χ2v) is 6.60. The number of nitrogens with one attached hydrogen (secondary N) is 2. The third-order valence-electron chi connectivity index (χ3n) is 4.96. The average Bonchev–Trinajstić information content (AvgIpc) is 3.18. The van der Waals surface area contributed by atoms with Gasteiger partial charge in [-0.3, -0.25) is 14.7 Å². The first kappa shape index (κ1) is 15.8. The van der Waals surface area contributed by atoms with Gasteiger partial charge in [0.2, 0.25) is 6.79 Å². The van der Waals surface area contributed by atoms with Crippen LogP contribution in [0.5, 0.6) is 11.5 Å². The van der Waals surface area contributed by atoms with E-state index in [-0.39, 0.29) is 18.8 Å². The van der Waals surface area contributed by atoms with E-state index in [1.54, 1.807) is 25.1 Å². The lowest BCUT2D eigenvalue weighted by Gasteiger charge is -2.40. The molecule has 0 bridgehead atoms. The summed E-state index contributed by atoms with van der Waals surface area (Å²) in [6.07, 6.45) is 0.141. The molecule has 0 fully saturated rings. The minimum Gasteiger partial charge on any atom is -0.469 e. The Balaban J connectivity index is 1.93. The van der Waals surface area contributed by atoms with E-state index in [1.807, 2.05) is 0 Å². The van der Waals surface area contributed by atoms with Crippen molar-refractivity contribution in [1.29, 1.82) is 0 Å². The highest BCUT2D eigenvalue weighted by molar-refractivity contribution is 5.77. The van der Waals surface area contributed by atoms with E-state index >= 15 is 0 Å². The minimum absolute atomic E-state index is 0.123. The molecule has 1 aromatic heterocycles. The van der Waals surface area contributed by atoms with E-state index in [1.165, 1.54) is 7.11 Å². The molecule has 3 N–H and O–H groups in total. The van der Waals surface area contributed by atoms with Gasteiger partial charge in [0.15, 0.2) is 11.5 Å². The number of hydrogen-bond acceptors (Lipinski definition) is 6. The largest absolute Gasteiger partial charge is 0.469 e. The highest BCUT2D eigenvalue weighted by Crippen LogP contribution is 2.46. The maximum Gasteiger partial charge on any atom is 0.312 e. The van der Waals surface area contributed by atoms with Gasteiger partial charge < -0.3 is 24.4 Å². The second-order valence-electron chi connectivity index (χ2n) is 6.60. The summed E-state index contributed by atoms with van der Waals surface area (Å²) in [5.74, 6) is -1.03. The van der Waals surface area contributed by atoms with Crippen LogP contribution < -0.4 is 15.0 Å². The van der Waals surface area contributed by atoms with E-state index in [4.69, 9.17) is 14.2 Å². The smallest absolute Gasteiger partial charge is 0.312 e. The number of carbonyl (C=O) groups excluding carboxylic acids is 1. The van der Waals surface area contributed by atoms with Crippen LogP contribution in [-0.4, -0.2) is 40.8 Å². The van der Waals surface area contributed by atoms with Gasteiger partial charge in [-0.2, -0.15) is 0 Å². The molecule has 132 valence electrons. The summed E-state index contributed by atoms with van der Waals surface area (Å²) in [4.78, 5) is 24.9. The molecule has 1 aliphatic carbocycles. The number of carbonyl (C=O) groups is 1. The molecule has 2 aromatic rings. The van der Waals surface area contributed by atoms with Gasteiger partial charge in [-0.15, -0.1) is 0 Å². The molecule has 0 spiro atoms. The zero-order valence-corrected chi connectivity index (χ0v) is 13.8. The van der Waals surface area contributed by atoms with Crippen molar-refractivity contribution in [2.24, 2.45) is 5.92 Å². The molecule has 0 radical (unpaired) electrons. The standard InChI is InChI=1S/C17H18N2O6/c1-17(22)6-9-13(15(20)19-18-9)12(14(17)16(21)23-2)8-3-4-10-11(5-8)25-7-24-10/h3-5,12,14,22H,6-7H2,1-2H3,(H2,18,19,20)/t12-,14-,17-/m0/s1. The molecule has 0 saturated heterocycles. The summed E-state index contributed by atoms with van der Waals surface area (Å²) in [7, 11) is 1.27. The van der Waals surface area contributed by atoms with Crippen LogP contribution in [0.15, 0.2) is 23.0 Å². The average molecular weight is 346 g/mol. The van der Waals surface area contributed by atoms with E-state index in [2.05, 4.69) is 10.2 Å². The van der Waals surface area contributed by atoms with E-state index in [0.717, 1.165) is 0 Å². The molecular weight excluding hydrogens is 328 g/mol. The molecule has 0 unspecified atom stereocenters. The molecule has 0 saturated carbocycles. The highest BCUT2D eigenvalue weighted by Gasteiger charge is 2.51. The van der Waals surface area contributed by atoms with Crippen LogP contribution in [0.4, 0.5) is 0 Å². The Morgan fingerprint density at radius 1 is 1.32 bits per heavy atom. The van der Waals surface area contributed by atoms with Crippen molar-refractivity contribution in [1.82, 2.24) is 10.2 Å².